The van der Waals surface area contributed by atoms with Gasteiger partial charge in [0, 0.05) is 31.9 Å². The Morgan fingerprint density at radius 2 is 1.93 bits per heavy atom. The highest BCUT2D eigenvalue weighted by molar-refractivity contribution is 5.36. The third-order valence-electron chi connectivity index (χ3n) is 2.36. The number of nitro benzene ring substituents is 1. The van der Waals surface area contributed by atoms with E-state index in [0.29, 0.717) is 5.56 Å². The lowest BCUT2D eigenvalue weighted by atomic mass is 10.1. The summed E-state index contributed by atoms with van der Waals surface area (Å²) >= 11 is 0. The Bertz CT molecular complexity index is 360. The normalized spacial score (nSPS) is 11.4. The van der Waals surface area contributed by atoms with E-state index in [1.165, 1.54) is 26.4 Å². The van der Waals surface area contributed by atoms with Crippen molar-refractivity contribution in [3.8, 4) is 0 Å². The van der Waals surface area contributed by atoms with E-state index in [1.54, 1.807) is 19.1 Å². The molecule has 0 aromatic heterocycles. The van der Waals surface area contributed by atoms with Gasteiger partial charge in [0.2, 0.25) is 0 Å². The molecule has 0 saturated heterocycles. The van der Waals surface area contributed by atoms with Gasteiger partial charge in [-0.15, -0.1) is 0 Å². The highest BCUT2D eigenvalue weighted by Gasteiger charge is 2.26. The summed E-state index contributed by atoms with van der Waals surface area (Å²) in [6.07, 6.45) is 0. The van der Waals surface area contributed by atoms with Crippen LogP contribution in [-0.4, -0.2) is 19.1 Å². The summed E-state index contributed by atoms with van der Waals surface area (Å²) in [7, 11) is 2.98. The molecule has 0 saturated carbocycles. The molecular weight excluding hydrogens is 198 g/mol. The van der Waals surface area contributed by atoms with Crippen LogP contribution in [-0.2, 0) is 15.3 Å². The average Bonchev–Trinajstić information content (AvgIpc) is 2.28. The number of non-ortho nitro benzene ring substituents is 1. The Morgan fingerprint density at radius 1 is 1.33 bits per heavy atom. The summed E-state index contributed by atoms with van der Waals surface area (Å²) in [5.74, 6) is -0.952. The molecule has 1 rings (SSSR count). The van der Waals surface area contributed by atoms with Crippen molar-refractivity contribution < 1.29 is 14.4 Å². The highest BCUT2D eigenvalue weighted by atomic mass is 16.7. The van der Waals surface area contributed by atoms with E-state index >= 15 is 0 Å². The van der Waals surface area contributed by atoms with Crippen molar-refractivity contribution in [1.29, 1.82) is 0 Å². The monoisotopic (exact) mass is 211 g/mol. The van der Waals surface area contributed by atoms with Crippen molar-refractivity contribution in [2.75, 3.05) is 14.2 Å². The van der Waals surface area contributed by atoms with Crippen LogP contribution in [0.3, 0.4) is 0 Å². The Morgan fingerprint density at radius 3 is 2.40 bits per heavy atom. The highest BCUT2D eigenvalue weighted by Crippen LogP contribution is 2.27. The molecule has 0 atom stereocenters. The van der Waals surface area contributed by atoms with Crippen LogP contribution in [0.25, 0.3) is 0 Å². The topological polar surface area (TPSA) is 61.6 Å². The van der Waals surface area contributed by atoms with Gasteiger partial charge in [0.15, 0.2) is 5.79 Å². The smallest absolute Gasteiger partial charge is 0.269 e. The fourth-order valence-corrected chi connectivity index (χ4v) is 1.22. The van der Waals surface area contributed by atoms with E-state index in [0.717, 1.165) is 0 Å². The first kappa shape index (κ1) is 11.6. The van der Waals surface area contributed by atoms with Gasteiger partial charge in [-0.1, -0.05) is 12.1 Å². The lowest BCUT2D eigenvalue weighted by molar-refractivity contribution is -0.385. The number of ether oxygens (including phenoxy) is 2. The maximum atomic E-state index is 10.6. The molecule has 0 aliphatic heterocycles. The molecule has 1 aromatic carbocycles. The molecule has 0 unspecified atom stereocenters. The lowest BCUT2D eigenvalue weighted by Crippen LogP contribution is -2.26. The number of hydrogen-bond donors (Lipinski definition) is 0. The van der Waals surface area contributed by atoms with Crippen LogP contribution in [0.5, 0.6) is 0 Å². The minimum atomic E-state index is -0.952. The summed E-state index contributed by atoms with van der Waals surface area (Å²) in [5, 5.41) is 10.6. The van der Waals surface area contributed by atoms with Crippen molar-refractivity contribution in [1.82, 2.24) is 0 Å². The molecule has 0 amide bonds. The third kappa shape index (κ3) is 2.31. The first-order valence-electron chi connectivity index (χ1n) is 4.38. The van der Waals surface area contributed by atoms with Crippen molar-refractivity contribution >= 4 is 5.69 Å². The first-order chi connectivity index (χ1) is 7.03. The summed E-state index contributed by atoms with van der Waals surface area (Å²) in [4.78, 5) is 10.1. The first-order valence-corrected chi connectivity index (χ1v) is 4.38. The fraction of sp³-hybridized carbons (Fsp3) is 0.400. The van der Waals surface area contributed by atoms with E-state index < -0.39 is 10.7 Å². The minimum absolute atomic E-state index is 0.0211. The molecule has 0 fully saturated rings. The zero-order valence-corrected chi connectivity index (χ0v) is 8.89. The zero-order valence-electron chi connectivity index (χ0n) is 8.89. The van der Waals surface area contributed by atoms with Gasteiger partial charge in [-0.05, 0) is 6.92 Å². The number of nitrogens with zero attached hydrogens (tertiary/aromatic N) is 1. The quantitative estimate of drug-likeness (QED) is 0.434. The van der Waals surface area contributed by atoms with Crippen molar-refractivity contribution in [2.45, 2.75) is 12.7 Å². The maximum Gasteiger partial charge on any atom is 0.269 e. The Hall–Kier alpha value is -1.46. The molecule has 15 heavy (non-hydrogen) atoms. The lowest BCUT2D eigenvalue weighted by Gasteiger charge is -2.26. The van der Waals surface area contributed by atoms with Crippen LogP contribution >= 0.6 is 0 Å². The molecule has 0 aliphatic rings. The maximum absolute atomic E-state index is 10.6. The van der Waals surface area contributed by atoms with Crippen LogP contribution in [0.2, 0.25) is 0 Å². The molecule has 0 N–H and O–H groups in total. The molecule has 5 heteroatoms. The number of benzene rings is 1. The molecule has 0 aliphatic carbocycles. The van der Waals surface area contributed by atoms with Gasteiger partial charge >= 0.3 is 0 Å². The van der Waals surface area contributed by atoms with Gasteiger partial charge < -0.3 is 9.47 Å². The largest absolute Gasteiger partial charge is 0.349 e. The van der Waals surface area contributed by atoms with Gasteiger partial charge in [-0.3, -0.25) is 10.1 Å². The molecule has 5 nitrogen and oxygen atoms in total. The Kier molecular flexibility index (Phi) is 3.39. The van der Waals surface area contributed by atoms with E-state index in [9.17, 15) is 10.1 Å². The average molecular weight is 211 g/mol. The number of rotatable bonds is 4. The van der Waals surface area contributed by atoms with Gasteiger partial charge in [-0.25, -0.2) is 0 Å². The summed E-state index contributed by atoms with van der Waals surface area (Å²) in [6, 6.07) is 6.19. The molecule has 0 bridgehead atoms. The SMILES string of the molecule is COC(C)(OC)c1cccc([N+](=O)[O-])c1. The molecule has 0 spiro atoms. The summed E-state index contributed by atoms with van der Waals surface area (Å²) < 4.78 is 10.3. The van der Waals surface area contributed by atoms with Crippen LogP contribution in [0.1, 0.15) is 12.5 Å². The summed E-state index contributed by atoms with van der Waals surface area (Å²) in [6.45, 7) is 1.70. The Labute approximate surface area is 87.8 Å². The molecule has 0 radical (unpaired) electrons. The molecule has 0 heterocycles. The Balaban J connectivity index is 3.14. The van der Waals surface area contributed by atoms with E-state index in [1.807, 2.05) is 0 Å². The minimum Gasteiger partial charge on any atom is -0.349 e. The van der Waals surface area contributed by atoms with Crippen LogP contribution in [0.4, 0.5) is 5.69 Å². The van der Waals surface area contributed by atoms with Gasteiger partial charge in [0.25, 0.3) is 5.69 Å². The van der Waals surface area contributed by atoms with Crippen molar-refractivity contribution in [3.63, 3.8) is 0 Å². The second-order valence-electron chi connectivity index (χ2n) is 3.16. The molecular formula is C10H13NO4. The second-order valence-corrected chi connectivity index (χ2v) is 3.16. The van der Waals surface area contributed by atoms with E-state index in [2.05, 4.69) is 0 Å². The van der Waals surface area contributed by atoms with Gasteiger partial charge in [-0.2, -0.15) is 0 Å². The van der Waals surface area contributed by atoms with Gasteiger partial charge in [0.05, 0.1) is 4.92 Å². The van der Waals surface area contributed by atoms with Crippen LogP contribution in [0, 0.1) is 10.1 Å². The van der Waals surface area contributed by atoms with Gasteiger partial charge in [0.1, 0.15) is 0 Å². The predicted octanol–water partition coefficient (Wildman–Crippen LogP) is 2.06. The third-order valence-corrected chi connectivity index (χ3v) is 2.36. The van der Waals surface area contributed by atoms with E-state index in [4.69, 9.17) is 9.47 Å². The number of methoxy groups -OCH3 is 2. The van der Waals surface area contributed by atoms with Crippen LogP contribution in [0.15, 0.2) is 24.3 Å². The second kappa shape index (κ2) is 4.37. The van der Waals surface area contributed by atoms with Crippen LogP contribution < -0.4 is 0 Å². The fourth-order valence-electron chi connectivity index (χ4n) is 1.22. The number of nitro groups is 1. The standard InChI is InChI=1S/C10H13NO4/c1-10(14-2,15-3)8-5-4-6-9(7-8)11(12)13/h4-7H,1-3H3. The predicted molar refractivity (Wildman–Crippen MR) is 54.5 cm³/mol. The zero-order chi connectivity index (χ0) is 11.5. The molecule has 1 aromatic rings. The number of hydrogen-bond acceptors (Lipinski definition) is 4. The van der Waals surface area contributed by atoms with Crippen molar-refractivity contribution in [2.24, 2.45) is 0 Å². The summed E-state index contributed by atoms with van der Waals surface area (Å²) in [5.41, 5.74) is 0.634. The van der Waals surface area contributed by atoms with E-state index in [-0.39, 0.29) is 5.69 Å². The van der Waals surface area contributed by atoms with Crippen molar-refractivity contribution in [3.05, 3.63) is 39.9 Å². The molecule has 82 valence electrons.